The third kappa shape index (κ3) is 2.67. The van der Waals surface area contributed by atoms with Crippen molar-refractivity contribution in [3.05, 3.63) is 35.4 Å². The molecule has 0 unspecified atom stereocenters. The first-order valence-corrected chi connectivity index (χ1v) is 5.76. The average Bonchev–Trinajstić information content (AvgIpc) is 2.62. The van der Waals surface area contributed by atoms with Crippen molar-refractivity contribution in [1.29, 1.82) is 5.26 Å². The molecule has 18 heavy (non-hydrogen) atoms. The van der Waals surface area contributed by atoms with E-state index in [1.54, 1.807) is 24.3 Å². The van der Waals surface area contributed by atoms with Gasteiger partial charge in [0.05, 0.1) is 36.5 Å². The highest BCUT2D eigenvalue weighted by atomic mass is 16.5. The van der Waals surface area contributed by atoms with Gasteiger partial charge in [-0.2, -0.15) is 5.26 Å². The molecule has 1 amide bonds. The molecule has 5 nitrogen and oxygen atoms in total. The Morgan fingerprint density at radius 2 is 2.28 bits per heavy atom. The van der Waals surface area contributed by atoms with E-state index in [0.29, 0.717) is 24.3 Å². The lowest BCUT2D eigenvalue weighted by Crippen LogP contribution is -2.38. The van der Waals surface area contributed by atoms with Crippen molar-refractivity contribution < 1.29 is 14.6 Å². The van der Waals surface area contributed by atoms with Gasteiger partial charge in [-0.05, 0) is 12.1 Å². The molecule has 1 saturated heterocycles. The predicted molar refractivity (Wildman–Crippen MR) is 63.9 cm³/mol. The largest absolute Gasteiger partial charge is 0.389 e. The molecule has 1 heterocycles. The summed E-state index contributed by atoms with van der Waals surface area (Å²) in [6.07, 6.45) is -0.675. The number of aliphatic hydroxyl groups excluding tert-OH is 1. The third-order valence-electron chi connectivity index (χ3n) is 2.81. The zero-order valence-corrected chi connectivity index (χ0v) is 9.87. The van der Waals surface area contributed by atoms with Gasteiger partial charge in [0, 0.05) is 13.1 Å². The van der Waals surface area contributed by atoms with E-state index >= 15 is 0 Å². The van der Waals surface area contributed by atoms with Crippen molar-refractivity contribution in [2.75, 3.05) is 26.3 Å². The number of nitrogens with zero attached hydrogens (tertiary/aromatic N) is 2. The number of carbonyl (C=O) groups excluding carboxylic acids is 1. The number of aliphatic hydroxyl groups is 1. The van der Waals surface area contributed by atoms with Crippen molar-refractivity contribution in [2.45, 2.75) is 6.10 Å². The number of carbonyl (C=O) groups is 1. The monoisotopic (exact) mass is 246 g/mol. The first-order chi connectivity index (χ1) is 8.72. The molecular weight excluding hydrogens is 232 g/mol. The number of rotatable bonds is 1. The number of ether oxygens (including phenoxy) is 1. The maximum absolute atomic E-state index is 12.3. The lowest BCUT2D eigenvalue weighted by molar-refractivity contribution is 0.0534. The van der Waals surface area contributed by atoms with Gasteiger partial charge in [-0.3, -0.25) is 4.79 Å². The fourth-order valence-electron chi connectivity index (χ4n) is 1.91. The van der Waals surface area contributed by atoms with E-state index in [4.69, 9.17) is 10.00 Å². The topological polar surface area (TPSA) is 73.6 Å². The van der Waals surface area contributed by atoms with Gasteiger partial charge in [0.2, 0.25) is 0 Å². The second-order valence-electron chi connectivity index (χ2n) is 4.14. The Bertz CT molecular complexity index is 481. The van der Waals surface area contributed by atoms with Crippen LogP contribution in [0.1, 0.15) is 15.9 Å². The zero-order valence-electron chi connectivity index (χ0n) is 9.87. The zero-order chi connectivity index (χ0) is 13.0. The van der Waals surface area contributed by atoms with E-state index in [0.717, 1.165) is 0 Å². The van der Waals surface area contributed by atoms with Crippen molar-refractivity contribution in [3.63, 3.8) is 0 Å². The van der Waals surface area contributed by atoms with Crippen LogP contribution in [0.15, 0.2) is 24.3 Å². The Kier molecular flexibility index (Phi) is 3.92. The molecule has 0 spiro atoms. The third-order valence-corrected chi connectivity index (χ3v) is 2.81. The van der Waals surface area contributed by atoms with Crippen molar-refractivity contribution in [3.8, 4) is 6.07 Å². The van der Waals surface area contributed by atoms with Crippen LogP contribution in [0, 0.1) is 11.3 Å². The predicted octanol–water partition coefficient (Wildman–Crippen LogP) is 0.392. The summed E-state index contributed by atoms with van der Waals surface area (Å²) in [6, 6.07) is 8.67. The number of benzene rings is 1. The molecule has 1 aliphatic heterocycles. The number of β-amino-alcohol motifs (C(OH)–C–C–N with tert-alkyl or cyclic N) is 1. The summed E-state index contributed by atoms with van der Waals surface area (Å²) in [6.45, 7) is 1.30. The number of amides is 1. The second kappa shape index (κ2) is 5.63. The van der Waals surface area contributed by atoms with Crippen LogP contribution in [0.3, 0.4) is 0 Å². The van der Waals surface area contributed by atoms with Crippen LogP contribution in [-0.2, 0) is 4.74 Å². The first kappa shape index (κ1) is 12.6. The van der Waals surface area contributed by atoms with E-state index in [1.165, 1.54) is 4.90 Å². The van der Waals surface area contributed by atoms with Crippen LogP contribution in [0.5, 0.6) is 0 Å². The molecule has 0 aliphatic carbocycles. The molecule has 1 aliphatic rings. The Hall–Kier alpha value is -1.90. The summed E-state index contributed by atoms with van der Waals surface area (Å²) in [5.41, 5.74) is 0.719. The highest BCUT2D eigenvalue weighted by Crippen LogP contribution is 2.12. The fourth-order valence-corrected chi connectivity index (χ4v) is 1.91. The number of hydrogen-bond acceptors (Lipinski definition) is 4. The van der Waals surface area contributed by atoms with Crippen molar-refractivity contribution in [2.24, 2.45) is 0 Å². The van der Waals surface area contributed by atoms with Gasteiger partial charge in [0.25, 0.3) is 5.91 Å². The quantitative estimate of drug-likeness (QED) is 0.778. The summed E-state index contributed by atoms with van der Waals surface area (Å²) in [5, 5.41) is 18.6. The van der Waals surface area contributed by atoms with Gasteiger partial charge in [0.15, 0.2) is 0 Å². The molecule has 0 radical (unpaired) electrons. The molecule has 2 rings (SSSR count). The van der Waals surface area contributed by atoms with Crippen LogP contribution in [-0.4, -0.2) is 48.3 Å². The molecule has 1 atom stereocenters. The second-order valence-corrected chi connectivity index (χ2v) is 4.14. The summed E-state index contributed by atoms with van der Waals surface area (Å²) < 4.78 is 5.17. The van der Waals surface area contributed by atoms with Crippen molar-refractivity contribution >= 4 is 5.91 Å². The lowest BCUT2D eigenvalue weighted by Gasteiger charge is -2.21. The summed E-state index contributed by atoms with van der Waals surface area (Å²) in [4.78, 5) is 13.8. The van der Waals surface area contributed by atoms with Crippen LogP contribution in [0.2, 0.25) is 0 Å². The summed E-state index contributed by atoms with van der Waals surface area (Å²) in [7, 11) is 0. The number of nitriles is 1. The molecule has 0 aromatic heterocycles. The van der Waals surface area contributed by atoms with E-state index < -0.39 is 6.10 Å². The molecule has 1 N–H and O–H groups in total. The molecule has 1 fully saturated rings. The average molecular weight is 246 g/mol. The van der Waals surface area contributed by atoms with Gasteiger partial charge in [-0.15, -0.1) is 0 Å². The van der Waals surface area contributed by atoms with Gasteiger partial charge < -0.3 is 14.7 Å². The minimum atomic E-state index is -0.675. The first-order valence-electron chi connectivity index (χ1n) is 5.76. The molecule has 0 saturated carbocycles. The summed E-state index contributed by atoms with van der Waals surface area (Å²) >= 11 is 0. The standard InChI is InChI=1S/C13H14N2O3/c14-7-10-3-1-2-4-12(10)13(17)15-5-6-18-9-11(16)8-15/h1-4,11,16H,5-6,8-9H2/t11-/m0/s1. The summed E-state index contributed by atoms with van der Waals surface area (Å²) in [5.74, 6) is -0.239. The maximum Gasteiger partial charge on any atom is 0.255 e. The van der Waals surface area contributed by atoms with Crippen LogP contribution < -0.4 is 0 Å². The lowest BCUT2D eigenvalue weighted by atomic mass is 10.1. The van der Waals surface area contributed by atoms with E-state index in [-0.39, 0.29) is 19.1 Å². The highest BCUT2D eigenvalue weighted by Gasteiger charge is 2.23. The van der Waals surface area contributed by atoms with E-state index in [9.17, 15) is 9.90 Å². The Morgan fingerprint density at radius 1 is 1.50 bits per heavy atom. The normalized spacial score (nSPS) is 20.0. The molecule has 5 heteroatoms. The minimum Gasteiger partial charge on any atom is -0.389 e. The van der Waals surface area contributed by atoms with Gasteiger partial charge in [0.1, 0.15) is 0 Å². The highest BCUT2D eigenvalue weighted by molar-refractivity contribution is 5.96. The smallest absolute Gasteiger partial charge is 0.255 e. The molecular formula is C13H14N2O3. The van der Waals surface area contributed by atoms with Crippen molar-refractivity contribution in [1.82, 2.24) is 4.90 Å². The molecule has 1 aromatic rings. The Balaban J connectivity index is 2.22. The molecule has 94 valence electrons. The molecule has 1 aromatic carbocycles. The Labute approximate surface area is 105 Å². The fraction of sp³-hybridized carbons (Fsp3) is 0.385. The molecule has 0 bridgehead atoms. The Morgan fingerprint density at radius 3 is 3.06 bits per heavy atom. The maximum atomic E-state index is 12.3. The van der Waals surface area contributed by atoms with E-state index in [1.807, 2.05) is 6.07 Å². The SMILES string of the molecule is N#Cc1ccccc1C(=O)N1CCOC[C@@H](O)C1. The van der Waals surface area contributed by atoms with Crippen LogP contribution in [0.25, 0.3) is 0 Å². The number of hydrogen-bond donors (Lipinski definition) is 1. The van der Waals surface area contributed by atoms with Gasteiger partial charge in [-0.1, -0.05) is 12.1 Å². The van der Waals surface area contributed by atoms with E-state index in [2.05, 4.69) is 0 Å². The van der Waals surface area contributed by atoms with Crippen LogP contribution in [0.4, 0.5) is 0 Å². The van der Waals surface area contributed by atoms with Crippen LogP contribution >= 0.6 is 0 Å². The van der Waals surface area contributed by atoms with Gasteiger partial charge >= 0.3 is 0 Å². The minimum absolute atomic E-state index is 0.235. The van der Waals surface area contributed by atoms with Gasteiger partial charge in [-0.25, -0.2) is 0 Å².